The van der Waals surface area contributed by atoms with E-state index < -0.39 is 5.97 Å². The number of hydrogen-bond donors (Lipinski definition) is 5. The van der Waals surface area contributed by atoms with Crippen molar-refractivity contribution in [3.63, 3.8) is 0 Å². The number of rotatable bonds is 2. The van der Waals surface area contributed by atoms with E-state index in [0.717, 1.165) is 0 Å². The fourth-order valence-electron chi connectivity index (χ4n) is 0.302. The maximum atomic E-state index is 10.00. The van der Waals surface area contributed by atoms with E-state index in [2.05, 4.69) is 24.8 Å². The van der Waals surface area contributed by atoms with Gasteiger partial charge in [0.15, 0.2) is 6.54 Å². The summed E-state index contributed by atoms with van der Waals surface area (Å²) >= 11 is 8.40. The molecule has 1 unspecified atom stereocenters. The summed E-state index contributed by atoms with van der Waals surface area (Å²) in [4.78, 5) is 10.6. The Kier molecular flexibility index (Phi) is 12.2. The zero-order valence-corrected chi connectivity index (χ0v) is 8.04. The molecule has 5 nitrogen and oxygen atoms in total. The van der Waals surface area contributed by atoms with Crippen molar-refractivity contribution in [2.75, 3.05) is 13.6 Å². The third-order valence-electron chi connectivity index (χ3n) is 0.781. The lowest BCUT2D eigenvalue weighted by atomic mass is 10.6. The third-order valence-corrected chi connectivity index (χ3v) is 1.51. The van der Waals surface area contributed by atoms with Gasteiger partial charge in [0.2, 0.25) is 4.32 Å². The van der Waals surface area contributed by atoms with E-state index in [-0.39, 0.29) is 18.8 Å². The molecule has 0 fully saturated rings. The molecule has 0 aliphatic carbocycles. The van der Waals surface area contributed by atoms with Gasteiger partial charge in [0.05, 0.1) is 7.05 Å². The Morgan fingerprint density at radius 3 is 2.09 bits per heavy atom. The fourth-order valence-corrected chi connectivity index (χ4v) is 0.454. The normalized spacial score (nSPS) is 10.4. The summed E-state index contributed by atoms with van der Waals surface area (Å²) in [6, 6.07) is 0. The van der Waals surface area contributed by atoms with Crippen LogP contribution in [0.5, 0.6) is 0 Å². The number of hydrogen-bond acceptors (Lipinski definition) is 4. The van der Waals surface area contributed by atoms with Crippen LogP contribution in [-0.2, 0) is 4.79 Å². The molecule has 0 saturated carbocycles. The lowest BCUT2D eigenvalue weighted by molar-refractivity contribution is -0.766. The molecule has 0 aromatic heterocycles. The summed E-state index contributed by atoms with van der Waals surface area (Å²) in [5.74, 6) is -0.871. The van der Waals surface area contributed by atoms with Crippen LogP contribution in [0.1, 0.15) is 0 Å². The fraction of sp³-hybridized carbons (Fsp3) is 0.500. The smallest absolute Gasteiger partial charge is 0.359 e. The van der Waals surface area contributed by atoms with E-state index in [1.165, 1.54) is 0 Å². The minimum Gasteiger partial charge on any atom is -0.477 e. The second-order valence-electron chi connectivity index (χ2n) is 1.66. The highest BCUT2D eigenvalue weighted by Crippen LogP contribution is 1.67. The predicted octanol–water partition coefficient (Wildman–Crippen LogP) is -0.876. The van der Waals surface area contributed by atoms with Crippen molar-refractivity contribution in [1.29, 1.82) is 0 Å². The van der Waals surface area contributed by atoms with Crippen molar-refractivity contribution >= 4 is 35.1 Å². The van der Waals surface area contributed by atoms with Gasteiger partial charge in [-0.25, -0.2) is 4.79 Å². The third kappa shape index (κ3) is 9.79. The van der Waals surface area contributed by atoms with Crippen molar-refractivity contribution in [1.82, 2.24) is 12.3 Å². The van der Waals surface area contributed by atoms with Crippen molar-refractivity contribution < 1.29 is 14.8 Å². The first-order valence-electron chi connectivity index (χ1n) is 2.31. The van der Waals surface area contributed by atoms with E-state index in [0.29, 0.717) is 9.22 Å². The molecule has 7 heteroatoms. The molecule has 0 saturated heterocycles. The van der Waals surface area contributed by atoms with Crippen LogP contribution in [0.3, 0.4) is 0 Å². The molecule has 0 aliphatic rings. The molecule has 0 spiro atoms. The molecule has 68 valence electrons. The molecular weight excluding hydrogens is 186 g/mol. The quantitative estimate of drug-likeness (QED) is 0.294. The van der Waals surface area contributed by atoms with Gasteiger partial charge < -0.3 is 17.4 Å². The van der Waals surface area contributed by atoms with Gasteiger partial charge in [0, 0.05) is 0 Å². The maximum Gasteiger partial charge on any atom is 0.359 e. The molecule has 1 atom stereocenters. The number of carbonyl (C=O) groups is 1. The molecule has 0 aromatic rings. The summed E-state index contributed by atoms with van der Waals surface area (Å²) in [6.45, 7) is -0.0116. The zero-order chi connectivity index (χ0) is 7.44. The summed E-state index contributed by atoms with van der Waals surface area (Å²) in [5, 5.41) is 8.22. The van der Waals surface area contributed by atoms with Crippen LogP contribution < -0.4 is 17.2 Å². The first kappa shape index (κ1) is 17.0. The molecule has 0 aliphatic heterocycles. The minimum absolute atomic E-state index is 0. The number of carboxylic acid groups (broad SMARTS) is 1. The van der Waals surface area contributed by atoms with Crippen LogP contribution >= 0.6 is 24.8 Å². The van der Waals surface area contributed by atoms with Crippen molar-refractivity contribution in [2.24, 2.45) is 0 Å². The van der Waals surface area contributed by atoms with E-state index in [1.54, 1.807) is 7.05 Å². The van der Waals surface area contributed by atoms with Crippen molar-refractivity contribution in [2.45, 2.75) is 0 Å². The predicted molar refractivity (Wildman–Crippen MR) is 51.0 cm³/mol. The summed E-state index contributed by atoms with van der Waals surface area (Å²) < 4.78 is 0.373. The Morgan fingerprint density at radius 1 is 1.64 bits per heavy atom. The first-order chi connectivity index (χ1) is 4.04. The van der Waals surface area contributed by atoms with Gasteiger partial charge >= 0.3 is 5.97 Å². The summed E-state index contributed by atoms with van der Waals surface area (Å²) in [6.07, 6.45) is 0. The number of likely N-dealkylation sites (N-methyl/N-ethyl adjacent to an activating group) is 1. The molecule has 0 heterocycles. The van der Waals surface area contributed by atoms with Gasteiger partial charge in [0.25, 0.3) is 0 Å². The average molecular weight is 200 g/mol. The Bertz CT molecular complexity index is 141. The van der Waals surface area contributed by atoms with E-state index in [1.807, 2.05) is 0 Å². The van der Waals surface area contributed by atoms with Crippen LogP contribution in [0.2, 0.25) is 0 Å². The summed E-state index contributed by atoms with van der Waals surface area (Å²) in [7, 11) is 1.66. The molecule has 0 radical (unpaired) electrons. The lowest BCUT2D eigenvalue weighted by Crippen LogP contribution is -3.11. The second kappa shape index (κ2) is 7.89. The van der Waals surface area contributed by atoms with E-state index in [4.69, 9.17) is 5.11 Å². The van der Waals surface area contributed by atoms with Gasteiger partial charge in [0.1, 0.15) is 0 Å². The standard InChI is InChI=1S/C4H7NO2S2.2H3N/c1-5(4(8)9)2-3(6)7;;/h2H2,1H3,(H,6,7)(H,8,9);2*1H3/p+1. The molecular formula is C4H14N3O2S2+. The number of thiocarbonyl (C=S) groups is 1. The number of quaternary nitrogens is 1. The monoisotopic (exact) mass is 200 g/mol. The minimum atomic E-state index is -0.871. The van der Waals surface area contributed by atoms with Gasteiger partial charge in [-0.3, -0.25) is 4.90 Å². The number of thiol groups is 1. The van der Waals surface area contributed by atoms with Crippen LogP contribution in [-0.4, -0.2) is 29.0 Å². The number of nitrogens with one attached hydrogen (secondary N) is 1. The lowest BCUT2D eigenvalue weighted by Gasteiger charge is -2.05. The van der Waals surface area contributed by atoms with Crippen LogP contribution in [0.25, 0.3) is 0 Å². The molecule has 0 bridgehead atoms. The highest BCUT2D eigenvalue weighted by atomic mass is 32.1. The van der Waals surface area contributed by atoms with E-state index in [9.17, 15) is 4.79 Å². The summed E-state index contributed by atoms with van der Waals surface area (Å²) in [5.41, 5.74) is 0. The maximum absolute atomic E-state index is 10.00. The SMILES string of the molecule is C[NH+](CC(=O)O)C(=S)S.N.N. The van der Waals surface area contributed by atoms with Crippen LogP contribution in [0.15, 0.2) is 0 Å². The van der Waals surface area contributed by atoms with Crippen molar-refractivity contribution in [3.05, 3.63) is 0 Å². The molecule has 0 rings (SSSR count). The largest absolute Gasteiger partial charge is 0.477 e. The second-order valence-corrected chi connectivity index (χ2v) is 2.81. The number of aliphatic carboxylic acids is 1. The molecule has 11 heavy (non-hydrogen) atoms. The molecule has 8 N–H and O–H groups in total. The molecule has 0 amide bonds. The first-order valence-corrected chi connectivity index (χ1v) is 3.17. The van der Waals surface area contributed by atoms with Crippen LogP contribution in [0.4, 0.5) is 0 Å². The molecule has 0 aromatic carbocycles. The zero-order valence-electron chi connectivity index (χ0n) is 6.33. The van der Waals surface area contributed by atoms with Crippen LogP contribution in [0, 0.1) is 0 Å². The Morgan fingerprint density at radius 2 is 2.00 bits per heavy atom. The Hall–Kier alpha value is -0.210. The average Bonchev–Trinajstić information content (AvgIpc) is 1.63. The highest BCUT2D eigenvalue weighted by molar-refractivity contribution is 8.10. The number of carboxylic acids is 1. The topological polar surface area (TPSA) is 112 Å². The van der Waals surface area contributed by atoms with Gasteiger partial charge in [-0.2, -0.15) is 0 Å². The van der Waals surface area contributed by atoms with Gasteiger partial charge in [-0.05, 0) is 12.2 Å². The highest BCUT2D eigenvalue weighted by Gasteiger charge is 2.09. The van der Waals surface area contributed by atoms with Crippen molar-refractivity contribution in [3.8, 4) is 0 Å². The Labute approximate surface area is 76.3 Å². The van der Waals surface area contributed by atoms with E-state index >= 15 is 0 Å². The Balaban J connectivity index is -0.000000320. The van der Waals surface area contributed by atoms with Gasteiger partial charge in [-0.1, -0.05) is 12.6 Å². The van der Waals surface area contributed by atoms with Gasteiger partial charge in [-0.15, -0.1) is 0 Å².